The Kier molecular flexibility index (Phi) is 3.03. The van der Waals surface area contributed by atoms with Gasteiger partial charge in [0.15, 0.2) is 10.4 Å². The smallest absolute Gasteiger partial charge is 0.184 e. The summed E-state index contributed by atoms with van der Waals surface area (Å²) >= 11 is 14.9. The molecule has 1 aromatic carbocycles. The minimum Gasteiger partial charge on any atom is -0.327 e. The van der Waals surface area contributed by atoms with Gasteiger partial charge in [0.2, 0.25) is 0 Å². The van der Waals surface area contributed by atoms with Crippen LogP contribution in [0.25, 0.3) is 16.9 Å². The van der Waals surface area contributed by atoms with Crippen molar-refractivity contribution >= 4 is 50.9 Å². The summed E-state index contributed by atoms with van der Waals surface area (Å²) in [6.45, 7) is 1.95. The second kappa shape index (κ2) is 4.47. The van der Waals surface area contributed by atoms with Crippen LogP contribution in [0.5, 0.6) is 0 Å². The molecule has 0 saturated heterocycles. The van der Waals surface area contributed by atoms with Crippen LogP contribution in [0.15, 0.2) is 22.7 Å². The van der Waals surface area contributed by atoms with Gasteiger partial charge in [-0.3, -0.25) is 4.57 Å². The van der Waals surface area contributed by atoms with E-state index in [1.807, 2.05) is 41.4 Å². The molecular formula is C12H10BrClN4S. The van der Waals surface area contributed by atoms with E-state index in [0.717, 1.165) is 27.0 Å². The molecule has 0 aliphatic carbocycles. The largest absolute Gasteiger partial charge is 0.327 e. The molecule has 4 nitrogen and oxygen atoms in total. The first-order valence-electron chi connectivity index (χ1n) is 5.59. The van der Waals surface area contributed by atoms with Crippen LogP contribution < -0.4 is 0 Å². The van der Waals surface area contributed by atoms with Crippen molar-refractivity contribution < 1.29 is 0 Å². The predicted octanol–water partition coefficient (Wildman–Crippen LogP) is 4.15. The van der Waals surface area contributed by atoms with Gasteiger partial charge in [-0.25, -0.2) is 4.68 Å². The third kappa shape index (κ3) is 1.94. The standard InChI is InChI=1S/C12H10BrClN4S/c1-6-10-11(17(2)16-6)18(12(19)15-10)7-3-4-8(13)9(14)5-7/h3-5H,1-2H3,(H,15,19). The maximum Gasteiger partial charge on any atom is 0.184 e. The monoisotopic (exact) mass is 356 g/mol. The molecule has 0 bridgehead atoms. The number of rotatable bonds is 1. The van der Waals surface area contributed by atoms with Crippen molar-refractivity contribution in [1.82, 2.24) is 19.3 Å². The molecule has 0 aliphatic heterocycles. The quantitative estimate of drug-likeness (QED) is 0.665. The van der Waals surface area contributed by atoms with Crippen LogP contribution in [0.3, 0.4) is 0 Å². The van der Waals surface area contributed by atoms with E-state index in [0.29, 0.717) is 9.79 Å². The Labute approximate surface area is 128 Å². The van der Waals surface area contributed by atoms with Crippen LogP contribution in [0.2, 0.25) is 5.02 Å². The Balaban J connectivity index is 2.38. The lowest BCUT2D eigenvalue weighted by Gasteiger charge is -2.06. The summed E-state index contributed by atoms with van der Waals surface area (Å²) in [7, 11) is 1.90. The van der Waals surface area contributed by atoms with Crippen LogP contribution >= 0.6 is 39.7 Å². The fourth-order valence-electron chi connectivity index (χ4n) is 2.17. The van der Waals surface area contributed by atoms with Gasteiger partial charge in [-0.15, -0.1) is 0 Å². The third-order valence-electron chi connectivity index (χ3n) is 3.00. The van der Waals surface area contributed by atoms with Crippen molar-refractivity contribution in [2.24, 2.45) is 7.05 Å². The van der Waals surface area contributed by atoms with E-state index >= 15 is 0 Å². The van der Waals surface area contributed by atoms with Crippen molar-refractivity contribution in [1.29, 1.82) is 0 Å². The molecule has 2 aromatic heterocycles. The van der Waals surface area contributed by atoms with Crippen molar-refractivity contribution in [2.75, 3.05) is 0 Å². The van der Waals surface area contributed by atoms with E-state index < -0.39 is 0 Å². The first kappa shape index (κ1) is 12.9. The van der Waals surface area contributed by atoms with Gasteiger partial charge >= 0.3 is 0 Å². The maximum absolute atomic E-state index is 6.15. The van der Waals surface area contributed by atoms with Gasteiger partial charge in [-0.05, 0) is 53.3 Å². The van der Waals surface area contributed by atoms with Crippen LogP contribution in [-0.2, 0) is 7.05 Å². The lowest BCUT2D eigenvalue weighted by Crippen LogP contribution is -2.00. The van der Waals surface area contributed by atoms with Gasteiger partial charge in [0.25, 0.3) is 0 Å². The number of hydrogen-bond acceptors (Lipinski definition) is 2. The summed E-state index contributed by atoms with van der Waals surface area (Å²) in [5, 5.41) is 5.04. The number of aryl methyl sites for hydroxylation is 2. The zero-order valence-corrected chi connectivity index (χ0v) is 13.4. The maximum atomic E-state index is 6.15. The first-order chi connectivity index (χ1) is 8.99. The van der Waals surface area contributed by atoms with E-state index in [2.05, 4.69) is 26.0 Å². The zero-order chi connectivity index (χ0) is 13.7. The Bertz CT molecular complexity index is 845. The molecule has 2 heterocycles. The number of nitrogens with zero attached hydrogens (tertiary/aromatic N) is 3. The third-order valence-corrected chi connectivity index (χ3v) is 4.52. The van der Waals surface area contributed by atoms with Crippen molar-refractivity contribution in [3.63, 3.8) is 0 Å². The minimum absolute atomic E-state index is 0.629. The summed E-state index contributed by atoms with van der Waals surface area (Å²) in [6, 6.07) is 5.74. The van der Waals surface area contributed by atoms with E-state index in [1.165, 1.54) is 0 Å². The first-order valence-corrected chi connectivity index (χ1v) is 7.16. The molecule has 0 aliphatic rings. The van der Waals surface area contributed by atoms with Gasteiger partial charge in [-0.1, -0.05) is 11.6 Å². The van der Waals surface area contributed by atoms with Gasteiger partial charge in [0, 0.05) is 11.5 Å². The number of aromatic nitrogens is 4. The molecule has 7 heteroatoms. The number of halogens is 2. The zero-order valence-electron chi connectivity index (χ0n) is 10.2. The molecule has 1 N–H and O–H groups in total. The van der Waals surface area contributed by atoms with Gasteiger partial charge in [0.05, 0.1) is 16.4 Å². The summed E-state index contributed by atoms with van der Waals surface area (Å²) in [4.78, 5) is 3.19. The minimum atomic E-state index is 0.629. The topological polar surface area (TPSA) is 38.5 Å². The van der Waals surface area contributed by atoms with E-state index in [4.69, 9.17) is 23.8 Å². The second-order valence-corrected chi connectivity index (χ2v) is 5.92. The lowest BCUT2D eigenvalue weighted by molar-refractivity contribution is 0.759. The molecular weight excluding hydrogens is 348 g/mol. The van der Waals surface area contributed by atoms with Gasteiger partial charge in [0.1, 0.15) is 5.52 Å². The van der Waals surface area contributed by atoms with Crippen LogP contribution in [0.4, 0.5) is 0 Å². The van der Waals surface area contributed by atoms with Crippen molar-refractivity contribution in [3.05, 3.63) is 38.2 Å². The Morgan fingerprint density at radius 1 is 1.42 bits per heavy atom. The van der Waals surface area contributed by atoms with Crippen molar-refractivity contribution in [3.8, 4) is 5.69 Å². The van der Waals surface area contributed by atoms with Gasteiger partial charge < -0.3 is 4.98 Å². The van der Waals surface area contributed by atoms with Crippen molar-refractivity contribution in [2.45, 2.75) is 6.92 Å². The molecule has 0 radical (unpaired) electrons. The Morgan fingerprint density at radius 3 is 2.84 bits per heavy atom. The average Bonchev–Trinajstić information content (AvgIpc) is 2.82. The fourth-order valence-corrected chi connectivity index (χ4v) is 2.89. The molecule has 3 aromatic rings. The summed E-state index contributed by atoms with van der Waals surface area (Å²) in [6.07, 6.45) is 0. The molecule has 19 heavy (non-hydrogen) atoms. The van der Waals surface area contributed by atoms with Gasteiger partial charge in [-0.2, -0.15) is 5.10 Å². The molecule has 98 valence electrons. The highest BCUT2D eigenvalue weighted by Crippen LogP contribution is 2.27. The molecule has 3 rings (SSSR count). The van der Waals surface area contributed by atoms with Crippen LogP contribution in [0.1, 0.15) is 5.69 Å². The number of fused-ring (bicyclic) bond motifs is 1. The molecule has 0 saturated carbocycles. The Hall–Kier alpha value is -1.11. The number of nitrogens with one attached hydrogen (secondary N) is 1. The summed E-state index contributed by atoms with van der Waals surface area (Å²) in [5.74, 6) is 0. The lowest BCUT2D eigenvalue weighted by atomic mass is 10.3. The average molecular weight is 358 g/mol. The molecule has 0 amide bonds. The second-order valence-electron chi connectivity index (χ2n) is 4.27. The molecule has 0 spiro atoms. The van der Waals surface area contributed by atoms with Crippen LogP contribution in [-0.4, -0.2) is 19.3 Å². The number of benzene rings is 1. The number of imidazole rings is 1. The molecule has 0 unspecified atom stereocenters. The Morgan fingerprint density at radius 2 is 2.16 bits per heavy atom. The van der Waals surface area contributed by atoms with Crippen LogP contribution in [0, 0.1) is 11.7 Å². The number of H-pyrrole nitrogens is 1. The number of hydrogen-bond donors (Lipinski definition) is 1. The highest BCUT2D eigenvalue weighted by Gasteiger charge is 2.14. The summed E-state index contributed by atoms with van der Waals surface area (Å²) < 4.78 is 5.23. The highest BCUT2D eigenvalue weighted by molar-refractivity contribution is 9.10. The van der Waals surface area contributed by atoms with E-state index in [9.17, 15) is 0 Å². The molecule has 0 atom stereocenters. The number of aromatic amines is 1. The van der Waals surface area contributed by atoms with E-state index in [-0.39, 0.29) is 0 Å². The highest BCUT2D eigenvalue weighted by atomic mass is 79.9. The predicted molar refractivity (Wildman–Crippen MR) is 82.7 cm³/mol. The fraction of sp³-hybridized carbons (Fsp3) is 0.167. The normalized spacial score (nSPS) is 11.4. The summed E-state index contributed by atoms with van der Waals surface area (Å²) in [5.41, 5.74) is 3.71. The molecule has 0 fully saturated rings. The van der Waals surface area contributed by atoms with E-state index in [1.54, 1.807) is 0 Å². The SMILES string of the molecule is Cc1nn(C)c2c1[nH]c(=S)n2-c1ccc(Br)c(Cl)c1.